The van der Waals surface area contributed by atoms with Gasteiger partial charge in [-0.1, -0.05) is 478 Å². The second kappa shape index (κ2) is 74.6. The minimum atomic E-state index is 0.576. The van der Waals surface area contributed by atoms with Gasteiger partial charge in [0.05, 0.1) is 0 Å². The molecule has 7 atom stereocenters. The summed E-state index contributed by atoms with van der Waals surface area (Å²) in [4.78, 5) is 0. The van der Waals surface area contributed by atoms with Crippen molar-refractivity contribution in [3.8, 4) is 11.1 Å². The van der Waals surface area contributed by atoms with Gasteiger partial charge in [0.15, 0.2) is 0 Å². The lowest BCUT2D eigenvalue weighted by atomic mass is 9.47. The molecular formula is C116H226. The molecule has 0 nitrogen and oxygen atoms in total. The quantitative estimate of drug-likeness (QED) is 0.268. The zero-order valence-electron chi connectivity index (χ0n) is 87.8. The second-order valence-electron chi connectivity index (χ2n) is 40.8. The number of hydrogen-bond acceptors (Lipinski definition) is 0. The highest BCUT2D eigenvalue weighted by atomic mass is 14.6. The molecule has 0 saturated heterocycles. The maximum Gasteiger partial charge on any atom is 0.0125 e. The Kier molecular flexibility index (Phi) is 77.5. The average molecular weight is 1620 g/mol. The molecule has 2 aromatic carbocycles. The van der Waals surface area contributed by atoms with Gasteiger partial charge in [-0.15, -0.1) is 0 Å². The summed E-state index contributed by atoms with van der Waals surface area (Å²) >= 11 is 0. The van der Waals surface area contributed by atoms with Crippen molar-refractivity contribution in [2.75, 3.05) is 0 Å². The van der Waals surface area contributed by atoms with Gasteiger partial charge in [-0.2, -0.15) is 0 Å². The van der Waals surface area contributed by atoms with Crippen molar-refractivity contribution in [3.63, 3.8) is 0 Å². The molecule has 16 fully saturated rings. The van der Waals surface area contributed by atoms with Crippen molar-refractivity contribution in [1.29, 1.82) is 0 Å². The number of rotatable bonds is 4. The smallest absolute Gasteiger partial charge is 0.0125 e. The highest BCUT2D eigenvalue weighted by Gasteiger charge is 2.52. The molecule has 16 saturated carbocycles. The van der Waals surface area contributed by atoms with Crippen LogP contribution in [0, 0.1) is 142 Å². The maximum absolute atomic E-state index is 4.04. The van der Waals surface area contributed by atoms with E-state index in [2.05, 4.69) is 194 Å². The maximum atomic E-state index is 4.04. The first-order valence-electron chi connectivity index (χ1n) is 53.5. The molecule has 690 valence electrons. The van der Waals surface area contributed by atoms with Crippen molar-refractivity contribution in [1.82, 2.24) is 0 Å². The van der Waals surface area contributed by atoms with Gasteiger partial charge in [0.25, 0.3) is 0 Å². The van der Waals surface area contributed by atoms with Crippen LogP contribution in [-0.4, -0.2) is 0 Å². The monoisotopic (exact) mass is 1620 g/mol. The summed E-state index contributed by atoms with van der Waals surface area (Å²) in [6.45, 7) is 85.1. The molecule has 0 aliphatic heterocycles. The molecule has 17 aliphatic carbocycles. The van der Waals surface area contributed by atoms with Crippen LogP contribution in [0.2, 0.25) is 0 Å². The summed E-state index contributed by atoms with van der Waals surface area (Å²) in [7, 11) is 0. The van der Waals surface area contributed by atoms with E-state index in [1.165, 1.54) is 118 Å². The lowest BCUT2D eigenvalue weighted by Crippen LogP contribution is -2.48. The standard InChI is InChI=1S/C16H16.C13H22.C13H24.C9H18.C8H12.2C8H14.C7H12.4C4H10.9C2H6/c1-11(2)16-14-9-5-3-7-12(14)13-8-4-6-10-15(13)16;1-9(2)13-6-10-3-11(7-13)5-12(4-10)8-13;1-10(2)12-8-7-11-5-3-4-6-13(11)9-12;1-8(2)9-6-4-3-5-7-9;1-6-4-7-2-3-8(6)5-7;1-2-8-5-3-7(1)4-6-8;1-2-7-4-5-8(3-1)6-7;1-2-7-4-3-6(1)5-7;4*1-4(2)3;9*1-2/h3-11,16H,1-2H3;9-12H,3-8H2,1-2H3;10-13H,3-9H2,1-2H3;8-9H,3-7H2,1-2H3;7-8H,1-5H2;2*7-8H,1-6H2;6-7H,1-5H2;4*4H,1-3H3;9*1-2H3. The van der Waals surface area contributed by atoms with E-state index in [1.807, 2.05) is 125 Å². The van der Waals surface area contributed by atoms with Gasteiger partial charge in [-0.25, -0.2) is 0 Å². The SMILES string of the molecule is C1CC2CCC(C1)C2.C1CC2CCC1C2.C1CC2CCC1CC2.C=C1CC2CCC1C2.CC.CC.CC.CC.CC.CC.CC.CC.CC.CC(C)C.CC(C)C.CC(C)C.CC(C)C.CC(C)C12CC3CC(CC(C3)C1)C2.CC(C)C1CCC2CCCCC2C1.CC(C)C1CCCCC1.CC(C)C1c2ccccc2-c2ccccc21. The summed E-state index contributed by atoms with van der Waals surface area (Å²) in [5.41, 5.74) is 8.20. The Bertz CT molecular complexity index is 2200. The Morgan fingerprint density at radius 1 is 0.259 bits per heavy atom. The van der Waals surface area contributed by atoms with E-state index in [0.717, 1.165) is 124 Å². The molecule has 0 aromatic heterocycles. The third-order valence-corrected chi connectivity index (χ3v) is 27.1. The second-order valence-corrected chi connectivity index (χ2v) is 40.8. The molecular weight excluding hydrogens is 1390 g/mol. The fourth-order valence-electron chi connectivity index (χ4n) is 22.1. The molecule has 17 aliphatic rings. The van der Waals surface area contributed by atoms with Crippen molar-refractivity contribution in [3.05, 3.63) is 71.8 Å². The average Bonchev–Trinajstić information content (AvgIpc) is 0.966. The van der Waals surface area contributed by atoms with Crippen LogP contribution in [0.1, 0.15) is 531 Å². The normalized spacial score (nSPS) is 28.0. The fraction of sp³-hybridized carbons (Fsp3) is 0.879. The topological polar surface area (TPSA) is 0 Å². The van der Waals surface area contributed by atoms with Crippen molar-refractivity contribution in [2.24, 2.45) is 142 Å². The highest BCUT2D eigenvalue weighted by Crippen LogP contribution is 2.63. The zero-order chi connectivity index (χ0) is 89.5. The molecule has 7 unspecified atom stereocenters. The first-order chi connectivity index (χ1) is 55.7. The van der Waals surface area contributed by atoms with Gasteiger partial charge < -0.3 is 0 Å². The minimum absolute atomic E-state index is 0.576. The van der Waals surface area contributed by atoms with Crippen LogP contribution in [0.15, 0.2) is 60.7 Å². The molecule has 0 radical (unpaired) electrons. The van der Waals surface area contributed by atoms with Crippen LogP contribution >= 0.6 is 0 Å². The van der Waals surface area contributed by atoms with E-state index >= 15 is 0 Å². The molecule has 12 bridgehead atoms. The summed E-state index contributed by atoms with van der Waals surface area (Å²) in [5.74, 6) is 24.1. The van der Waals surface area contributed by atoms with Crippen LogP contribution in [0.3, 0.4) is 0 Å². The molecule has 0 heterocycles. The molecule has 0 N–H and O–H groups in total. The Balaban J connectivity index is -0.000000591. The van der Waals surface area contributed by atoms with E-state index in [9.17, 15) is 0 Å². The number of benzene rings is 2. The minimum Gasteiger partial charge on any atom is -0.0996 e. The van der Waals surface area contributed by atoms with Gasteiger partial charge >= 0.3 is 0 Å². The summed E-state index contributed by atoms with van der Waals surface area (Å²) in [5, 5.41) is 0. The van der Waals surface area contributed by atoms with E-state index in [1.54, 1.807) is 173 Å². The Morgan fingerprint density at radius 2 is 0.560 bits per heavy atom. The van der Waals surface area contributed by atoms with Gasteiger partial charge in [-0.3, -0.25) is 0 Å². The lowest BCUT2D eigenvalue weighted by Gasteiger charge is -2.58. The van der Waals surface area contributed by atoms with E-state index in [-0.39, 0.29) is 0 Å². The fourth-order valence-corrected chi connectivity index (χ4v) is 22.1. The van der Waals surface area contributed by atoms with Crippen LogP contribution in [0.4, 0.5) is 0 Å². The van der Waals surface area contributed by atoms with Gasteiger partial charge in [0, 0.05) is 5.92 Å². The number of hydrogen-bond donors (Lipinski definition) is 0. The number of fused-ring (bicyclic) bond motifs is 13. The van der Waals surface area contributed by atoms with Crippen molar-refractivity contribution in [2.45, 2.75) is 519 Å². The molecule has 0 amide bonds. The molecule has 19 rings (SSSR count). The molecule has 116 heavy (non-hydrogen) atoms. The van der Waals surface area contributed by atoms with E-state index < -0.39 is 0 Å². The van der Waals surface area contributed by atoms with Crippen molar-refractivity contribution >= 4 is 0 Å². The number of allylic oxidation sites excluding steroid dienone is 1. The largest absolute Gasteiger partial charge is 0.0996 e. The predicted molar refractivity (Wildman–Crippen MR) is 541 cm³/mol. The van der Waals surface area contributed by atoms with Crippen LogP contribution in [0.25, 0.3) is 11.1 Å². The highest BCUT2D eigenvalue weighted by molar-refractivity contribution is 5.78. The zero-order valence-corrected chi connectivity index (χ0v) is 87.8. The van der Waals surface area contributed by atoms with Crippen molar-refractivity contribution < 1.29 is 0 Å². The van der Waals surface area contributed by atoms with E-state index in [0.29, 0.717) is 11.8 Å². The third kappa shape index (κ3) is 50.2. The third-order valence-electron chi connectivity index (χ3n) is 27.1. The van der Waals surface area contributed by atoms with Gasteiger partial charge in [0.1, 0.15) is 0 Å². The Morgan fingerprint density at radius 3 is 0.819 bits per heavy atom. The first-order valence-corrected chi connectivity index (χ1v) is 53.5. The molecule has 0 heteroatoms. The van der Waals surface area contributed by atoms with Crippen LogP contribution in [0.5, 0.6) is 0 Å². The van der Waals surface area contributed by atoms with Gasteiger partial charge in [-0.05, 0) is 260 Å². The van der Waals surface area contributed by atoms with Crippen LogP contribution in [-0.2, 0) is 0 Å². The predicted octanol–water partition coefficient (Wildman–Crippen LogP) is 41.4. The first kappa shape index (κ1) is 120. The summed E-state index contributed by atoms with van der Waals surface area (Å²) < 4.78 is 0. The molecule has 2 aromatic rings. The lowest BCUT2D eigenvalue weighted by molar-refractivity contribution is -0.0789. The summed E-state index contributed by atoms with van der Waals surface area (Å²) in [6, 6.07) is 17.6. The van der Waals surface area contributed by atoms with Gasteiger partial charge in [0.2, 0.25) is 0 Å². The molecule has 0 spiro atoms. The Labute approximate surface area is 739 Å². The summed E-state index contributed by atoms with van der Waals surface area (Å²) in [6.07, 6.45) is 60.0. The Hall–Kier alpha value is -1.82. The van der Waals surface area contributed by atoms with Crippen LogP contribution < -0.4 is 0 Å². The van der Waals surface area contributed by atoms with E-state index in [4.69, 9.17) is 0 Å².